The maximum absolute atomic E-state index is 13.9. The van der Waals surface area contributed by atoms with Crippen molar-refractivity contribution in [3.05, 3.63) is 0 Å². The summed E-state index contributed by atoms with van der Waals surface area (Å²) < 4.78 is 57.3. The van der Waals surface area contributed by atoms with Crippen molar-refractivity contribution in [1.29, 1.82) is 0 Å². The zero-order chi connectivity index (χ0) is 16.9. The maximum Gasteiger partial charge on any atom is 0.410 e. The molecule has 3 aliphatic rings. The molecule has 5 nitrogen and oxygen atoms in total. The topological polar surface area (TPSA) is 61.8 Å². The minimum Gasteiger partial charge on any atom is -0.432 e. The lowest BCUT2D eigenvalue weighted by molar-refractivity contribution is -0.374. The summed E-state index contributed by atoms with van der Waals surface area (Å²) in [6, 6.07) is 0. The van der Waals surface area contributed by atoms with Crippen LogP contribution < -0.4 is 0 Å². The van der Waals surface area contributed by atoms with Gasteiger partial charge < -0.3 is 14.2 Å². The number of hydrogen-bond donors (Lipinski definition) is 0. The second-order valence-corrected chi connectivity index (χ2v) is 6.51. The van der Waals surface area contributed by atoms with Crippen LogP contribution in [0.2, 0.25) is 0 Å². The molecule has 0 amide bonds. The molecule has 130 valence electrons. The average Bonchev–Trinajstić information content (AvgIpc) is 2.45. The van der Waals surface area contributed by atoms with Gasteiger partial charge in [0.1, 0.15) is 5.78 Å². The van der Waals surface area contributed by atoms with Crippen LogP contribution in [0.25, 0.3) is 0 Å². The molecule has 0 bridgehead atoms. The fourth-order valence-corrected chi connectivity index (χ4v) is 4.02. The first-order valence-corrected chi connectivity index (χ1v) is 7.78. The smallest absolute Gasteiger partial charge is 0.410 e. The lowest BCUT2D eigenvalue weighted by Gasteiger charge is -2.54. The van der Waals surface area contributed by atoms with Crippen LogP contribution in [0.4, 0.5) is 13.2 Å². The van der Waals surface area contributed by atoms with Gasteiger partial charge in [-0.15, -0.1) is 0 Å². The summed E-state index contributed by atoms with van der Waals surface area (Å²) in [5, 5.41) is 0. The molecule has 2 aliphatic carbocycles. The Morgan fingerprint density at radius 1 is 1.13 bits per heavy atom. The predicted octanol–water partition coefficient (Wildman–Crippen LogP) is 2.52. The van der Waals surface area contributed by atoms with E-state index in [-0.39, 0.29) is 0 Å². The average molecular weight is 336 g/mol. The van der Waals surface area contributed by atoms with Crippen LogP contribution in [0.3, 0.4) is 0 Å². The van der Waals surface area contributed by atoms with Gasteiger partial charge in [0.15, 0.2) is 0 Å². The molecule has 1 spiro atoms. The van der Waals surface area contributed by atoms with E-state index in [2.05, 4.69) is 0 Å². The number of carbonyl (C=O) groups is 2. The van der Waals surface area contributed by atoms with Gasteiger partial charge >= 0.3 is 12.1 Å². The largest absolute Gasteiger partial charge is 0.432 e. The third kappa shape index (κ3) is 2.38. The van der Waals surface area contributed by atoms with Crippen LogP contribution >= 0.6 is 0 Å². The van der Waals surface area contributed by atoms with Crippen LogP contribution in [-0.4, -0.2) is 43.0 Å². The van der Waals surface area contributed by atoms with E-state index < -0.39 is 54.2 Å². The van der Waals surface area contributed by atoms with Gasteiger partial charge in [-0.3, -0.25) is 9.59 Å². The highest BCUT2D eigenvalue weighted by Gasteiger charge is 2.76. The Balaban J connectivity index is 2.04. The molecule has 8 heteroatoms. The summed E-state index contributed by atoms with van der Waals surface area (Å²) in [6.45, 7) is 0. The van der Waals surface area contributed by atoms with Gasteiger partial charge in [0.25, 0.3) is 0 Å². The quantitative estimate of drug-likeness (QED) is 0.689. The fraction of sp³-hybridized carbons (Fsp3) is 0.867. The van der Waals surface area contributed by atoms with Crippen molar-refractivity contribution in [2.75, 3.05) is 7.11 Å². The van der Waals surface area contributed by atoms with Crippen LogP contribution in [0.5, 0.6) is 0 Å². The maximum atomic E-state index is 13.9. The highest BCUT2D eigenvalue weighted by Crippen LogP contribution is 2.56. The molecule has 3 atom stereocenters. The van der Waals surface area contributed by atoms with E-state index in [4.69, 9.17) is 14.2 Å². The van der Waals surface area contributed by atoms with Gasteiger partial charge in [-0.25, -0.2) is 0 Å². The van der Waals surface area contributed by atoms with Gasteiger partial charge in [-0.1, -0.05) is 6.42 Å². The monoisotopic (exact) mass is 336 g/mol. The molecular weight excluding hydrogens is 317 g/mol. The number of alkyl halides is 3. The van der Waals surface area contributed by atoms with Crippen LogP contribution in [-0.2, 0) is 23.8 Å². The number of carbonyl (C=O) groups excluding carboxylic acids is 2. The van der Waals surface area contributed by atoms with Gasteiger partial charge in [0.05, 0.1) is 12.2 Å². The lowest BCUT2D eigenvalue weighted by atomic mass is 9.67. The molecule has 2 saturated carbocycles. The molecule has 0 unspecified atom stereocenters. The first-order chi connectivity index (χ1) is 10.7. The second kappa shape index (κ2) is 5.44. The normalized spacial score (nSPS) is 37.4. The Kier molecular flexibility index (Phi) is 3.95. The summed E-state index contributed by atoms with van der Waals surface area (Å²) in [7, 11) is 1.06. The summed E-state index contributed by atoms with van der Waals surface area (Å²) in [5.74, 6) is -3.10. The fourth-order valence-electron chi connectivity index (χ4n) is 4.02. The van der Waals surface area contributed by atoms with Crippen LogP contribution in [0.1, 0.15) is 44.9 Å². The number of methoxy groups -OCH3 is 1. The molecule has 1 heterocycles. The van der Waals surface area contributed by atoms with Crippen LogP contribution in [0.15, 0.2) is 0 Å². The minimum atomic E-state index is -4.92. The summed E-state index contributed by atoms with van der Waals surface area (Å²) in [6.07, 6.45) is -6.01. The molecule has 0 aromatic heterocycles. The third-order valence-electron chi connectivity index (χ3n) is 5.18. The summed E-state index contributed by atoms with van der Waals surface area (Å²) >= 11 is 0. The van der Waals surface area contributed by atoms with E-state index in [0.717, 1.165) is 13.5 Å². The highest BCUT2D eigenvalue weighted by molar-refractivity contribution is 5.88. The molecule has 0 aromatic carbocycles. The predicted molar refractivity (Wildman–Crippen MR) is 70.3 cm³/mol. The van der Waals surface area contributed by atoms with Gasteiger partial charge in [-0.05, 0) is 12.8 Å². The molecule has 1 aliphatic heterocycles. The van der Waals surface area contributed by atoms with Crippen molar-refractivity contribution in [2.24, 2.45) is 5.41 Å². The summed E-state index contributed by atoms with van der Waals surface area (Å²) in [4.78, 5) is 24.4. The van der Waals surface area contributed by atoms with E-state index in [9.17, 15) is 22.8 Å². The first kappa shape index (κ1) is 16.7. The summed E-state index contributed by atoms with van der Waals surface area (Å²) in [5.41, 5.74) is -2.93. The Morgan fingerprint density at radius 2 is 1.78 bits per heavy atom. The standard InChI is InChI=1S/C15H19F3O5/c1-21-10-7-9(19)8-11-14(10,15(16,17)18)12(20)23-13(22-11)5-3-2-4-6-13/h10-11H,2-8H2,1H3/t10-,11+,14+/m1/s1. The van der Waals surface area contributed by atoms with Gasteiger partial charge in [0, 0.05) is 32.8 Å². The zero-order valence-electron chi connectivity index (χ0n) is 12.8. The van der Waals surface area contributed by atoms with Gasteiger partial charge in [-0.2, -0.15) is 13.2 Å². The van der Waals surface area contributed by atoms with Crippen molar-refractivity contribution >= 4 is 11.8 Å². The van der Waals surface area contributed by atoms with Gasteiger partial charge in [0.2, 0.25) is 11.2 Å². The third-order valence-corrected chi connectivity index (χ3v) is 5.18. The molecule has 0 N–H and O–H groups in total. The molecular formula is C15H19F3O5. The number of halogens is 3. The first-order valence-electron chi connectivity index (χ1n) is 7.78. The Hall–Kier alpha value is -1.15. The number of Topliss-reactive ketones (excluding diaryl/α,β-unsaturated/α-hetero) is 1. The Morgan fingerprint density at radius 3 is 2.35 bits per heavy atom. The van der Waals surface area contributed by atoms with Crippen molar-refractivity contribution in [3.63, 3.8) is 0 Å². The van der Waals surface area contributed by atoms with Crippen molar-refractivity contribution in [2.45, 2.75) is 69.1 Å². The van der Waals surface area contributed by atoms with E-state index in [1.54, 1.807) is 0 Å². The van der Waals surface area contributed by atoms with E-state index >= 15 is 0 Å². The molecule has 1 saturated heterocycles. The highest BCUT2D eigenvalue weighted by atomic mass is 19.4. The molecule has 0 radical (unpaired) electrons. The molecule has 3 fully saturated rings. The van der Waals surface area contributed by atoms with Crippen molar-refractivity contribution in [1.82, 2.24) is 0 Å². The molecule has 3 rings (SSSR count). The number of esters is 1. The van der Waals surface area contributed by atoms with E-state index in [1.165, 1.54) is 0 Å². The number of ether oxygens (including phenoxy) is 3. The molecule has 0 aromatic rings. The van der Waals surface area contributed by atoms with Crippen LogP contribution in [0, 0.1) is 5.41 Å². The van der Waals surface area contributed by atoms with Crippen molar-refractivity contribution in [3.8, 4) is 0 Å². The number of rotatable bonds is 1. The zero-order valence-corrected chi connectivity index (χ0v) is 12.8. The lowest BCUT2D eigenvalue weighted by Crippen LogP contribution is -2.71. The number of fused-ring (bicyclic) bond motifs is 1. The Labute approximate surface area is 131 Å². The van der Waals surface area contributed by atoms with Crippen molar-refractivity contribution < 1.29 is 37.0 Å². The molecule has 23 heavy (non-hydrogen) atoms. The number of hydrogen-bond acceptors (Lipinski definition) is 5. The minimum absolute atomic E-state index is 0.356. The van der Waals surface area contributed by atoms with E-state index in [1.807, 2.05) is 0 Å². The van der Waals surface area contributed by atoms with E-state index in [0.29, 0.717) is 25.7 Å². The second-order valence-electron chi connectivity index (χ2n) is 6.51. The number of ketones is 1. The SMILES string of the molecule is CO[C@@H]1CC(=O)C[C@@H]2OC3(CCCCC3)OC(=O)[C@@]21C(F)(F)F. The Bertz CT molecular complexity index is 512.